The van der Waals surface area contributed by atoms with Crippen molar-refractivity contribution >= 4 is 35.1 Å². The largest absolute Gasteiger partial charge is 0.495 e. The first-order chi connectivity index (χ1) is 14.0. The number of ether oxygens (including phenoxy) is 1. The van der Waals surface area contributed by atoms with E-state index in [9.17, 15) is 0 Å². The normalized spacial score (nSPS) is 15.0. The zero-order chi connectivity index (χ0) is 20.8. The summed E-state index contributed by atoms with van der Waals surface area (Å²) in [5.74, 6) is 2.19. The molecule has 1 aromatic heterocycles. The van der Waals surface area contributed by atoms with Crippen LogP contribution in [0.25, 0.3) is 0 Å². The third-order valence-corrected chi connectivity index (χ3v) is 5.28. The lowest BCUT2D eigenvalue weighted by Crippen LogP contribution is -2.42. The van der Waals surface area contributed by atoms with Gasteiger partial charge in [0, 0.05) is 25.3 Å². The van der Waals surface area contributed by atoms with Crippen molar-refractivity contribution in [2.24, 2.45) is 0 Å². The minimum Gasteiger partial charge on any atom is -0.495 e. The standard InChI is InChI=1S/C20H28ClN7O/c1-5-10-22-18-24-19(23-14-6-7-17(29-4)16(21)13-14)26-20(25-18)28(3)15-8-11-27(2)12-9-15/h5-7,13,15H,1,8-12H2,2-4H3,(H2,22,23,24,25,26). The molecule has 1 saturated heterocycles. The van der Waals surface area contributed by atoms with Crippen molar-refractivity contribution in [3.63, 3.8) is 0 Å². The van der Waals surface area contributed by atoms with Crippen molar-refractivity contribution in [1.82, 2.24) is 19.9 Å². The molecule has 0 atom stereocenters. The van der Waals surface area contributed by atoms with E-state index in [1.165, 1.54) is 0 Å². The van der Waals surface area contributed by atoms with Crippen LogP contribution < -0.4 is 20.3 Å². The first kappa shape index (κ1) is 21.1. The quantitative estimate of drug-likeness (QED) is 0.632. The summed E-state index contributed by atoms with van der Waals surface area (Å²) in [5.41, 5.74) is 0.768. The molecule has 2 aromatic rings. The maximum absolute atomic E-state index is 6.24. The molecule has 156 valence electrons. The second-order valence-corrected chi connectivity index (χ2v) is 7.48. The Kier molecular flexibility index (Phi) is 7.11. The summed E-state index contributed by atoms with van der Waals surface area (Å²) < 4.78 is 5.21. The molecule has 1 aliphatic rings. The number of benzene rings is 1. The van der Waals surface area contributed by atoms with E-state index in [4.69, 9.17) is 16.3 Å². The topological polar surface area (TPSA) is 78.4 Å². The molecule has 3 rings (SSSR count). The SMILES string of the molecule is C=CCNc1nc(Nc2ccc(OC)c(Cl)c2)nc(N(C)C2CCN(C)CC2)n1. The predicted molar refractivity (Wildman–Crippen MR) is 119 cm³/mol. The molecule has 2 N–H and O–H groups in total. The average Bonchev–Trinajstić information content (AvgIpc) is 2.72. The molecule has 1 aliphatic heterocycles. The number of piperidine rings is 1. The van der Waals surface area contributed by atoms with E-state index in [0.717, 1.165) is 31.6 Å². The highest BCUT2D eigenvalue weighted by Gasteiger charge is 2.23. The van der Waals surface area contributed by atoms with Crippen LogP contribution in [-0.4, -0.2) is 66.7 Å². The molecule has 0 aliphatic carbocycles. The van der Waals surface area contributed by atoms with E-state index in [1.807, 2.05) is 13.1 Å². The highest BCUT2D eigenvalue weighted by atomic mass is 35.5. The van der Waals surface area contributed by atoms with E-state index in [-0.39, 0.29) is 0 Å². The smallest absolute Gasteiger partial charge is 0.233 e. The van der Waals surface area contributed by atoms with Gasteiger partial charge in [-0.2, -0.15) is 15.0 Å². The molecule has 0 saturated carbocycles. The van der Waals surface area contributed by atoms with Crippen molar-refractivity contribution in [3.05, 3.63) is 35.9 Å². The minimum atomic E-state index is 0.393. The van der Waals surface area contributed by atoms with Crippen LogP contribution in [0, 0.1) is 0 Å². The number of rotatable bonds is 8. The van der Waals surface area contributed by atoms with E-state index in [1.54, 1.807) is 25.3 Å². The Bertz CT molecular complexity index is 840. The van der Waals surface area contributed by atoms with Gasteiger partial charge < -0.3 is 25.2 Å². The van der Waals surface area contributed by atoms with Crippen LogP contribution in [0.3, 0.4) is 0 Å². The summed E-state index contributed by atoms with van der Waals surface area (Å²) in [6.07, 6.45) is 3.91. The van der Waals surface area contributed by atoms with Gasteiger partial charge in [0.15, 0.2) is 0 Å². The van der Waals surface area contributed by atoms with E-state index < -0.39 is 0 Å². The zero-order valence-electron chi connectivity index (χ0n) is 17.2. The molecule has 29 heavy (non-hydrogen) atoms. The highest BCUT2D eigenvalue weighted by Crippen LogP contribution is 2.29. The third-order valence-electron chi connectivity index (χ3n) is 4.99. The van der Waals surface area contributed by atoms with Gasteiger partial charge in [0.25, 0.3) is 0 Å². The Balaban J connectivity index is 1.84. The van der Waals surface area contributed by atoms with E-state index >= 15 is 0 Å². The number of likely N-dealkylation sites (tertiary alicyclic amines) is 1. The third kappa shape index (κ3) is 5.48. The summed E-state index contributed by atoms with van der Waals surface area (Å²) >= 11 is 6.24. The molecule has 0 spiro atoms. The maximum atomic E-state index is 6.24. The Morgan fingerprint density at radius 2 is 2.00 bits per heavy atom. The van der Waals surface area contributed by atoms with Gasteiger partial charge in [-0.25, -0.2) is 0 Å². The zero-order valence-corrected chi connectivity index (χ0v) is 17.9. The number of nitrogens with zero attached hydrogens (tertiary/aromatic N) is 5. The summed E-state index contributed by atoms with van der Waals surface area (Å²) in [6, 6.07) is 5.84. The first-order valence-electron chi connectivity index (χ1n) is 9.63. The van der Waals surface area contributed by atoms with Crippen molar-refractivity contribution in [1.29, 1.82) is 0 Å². The van der Waals surface area contributed by atoms with Gasteiger partial charge in [-0.1, -0.05) is 17.7 Å². The molecule has 0 amide bonds. The van der Waals surface area contributed by atoms with Crippen molar-refractivity contribution < 1.29 is 4.74 Å². The molecular weight excluding hydrogens is 390 g/mol. The number of nitrogens with one attached hydrogen (secondary N) is 2. The fourth-order valence-electron chi connectivity index (χ4n) is 3.24. The number of hydrogen-bond donors (Lipinski definition) is 2. The predicted octanol–water partition coefficient (Wildman–Crippen LogP) is 3.41. The molecule has 0 unspecified atom stereocenters. The Labute approximate surface area is 177 Å². The van der Waals surface area contributed by atoms with Gasteiger partial charge in [0.05, 0.1) is 12.1 Å². The molecule has 0 radical (unpaired) electrons. The number of methoxy groups -OCH3 is 1. The van der Waals surface area contributed by atoms with Crippen molar-refractivity contribution in [2.45, 2.75) is 18.9 Å². The summed E-state index contributed by atoms with van der Waals surface area (Å²) in [4.78, 5) is 18.2. The lowest BCUT2D eigenvalue weighted by molar-refractivity contribution is 0.252. The van der Waals surface area contributed by atoms with Crippen LogP contribution in [0.5, 0.6) is 5.75 Å². The average molecular weight is 418 g/mol. The fourth-order valence-corrected chi connectivity index (χ4v) is 3.50. The summed E-state index contributed by atoms with van der Waals surface area (Å²) in [6.45, 7) is 6.44. The van der Waals surface area contributed by atoms with Crippen LogP contribution in [0.4, 0.5) is 23.5 Å². The van der Waals surface area contributed by atoms with Crippen molar-refractivity contribution in [2.75, 3.05) is 56.4 Å². The van der Waals surface area contributed by atoms with Crippen LogP contribution in [0.15, 0.2) is 30.9 Å². The lowest BCUT2D eigenvalue weighted by Gasteiger charge is -2.35. The summed E-state index contributed by atoms with van der Waals surface area (Å²) in [7, 11) is 5.78. The Morgan fingerprint density at radius 1 is 1.28 bits per heavy atom. The monoisotopic (exact) mass is 417 g/mol. The van der Waals surface area contributed by atoms with E-state index in [0.29, 0.717) is 41.2 Å². The first-order valence-corrected chi connectivity index (χ1v) is 10.0. The van der Waals surface area contributed by atoms with Gasteiger partial charge in [0.1, 0.15) is 5.75 Å². The molecule has 9 heteroatoms. The van der Waals surface area contributed by atoms with Gasteiger partial charge in [0.2, 0.25) is 17.8 Å². The molecule has 0 bridgehead atoms. The number of hydrogen-bond acceptors (Lipinski definition) is 8. The second kappa shape index (κ2) is 9.76. The van der Waals surface area contributed by atoms with Crippen LogP contribution >= 0.6 is 11.6 Å². The fraction of sp³-hybridized carbons (Fsp3) is 0.450. The molecule has 8 nitrogen and oxygen atoms in total. The van der Waals surface area contributed by atoms with E-state index in [2.05, 4.69) is 49.0 Å². The van der Waals surface area contributed by atoms with Gasteiger partial charge in [-0.15, -0.1) is 6.58 Å². The highest BCUT2D eigenvalue weighted by molar-refractivity contribution is 6.32. The molecule has 2 heterocycles. The lowest BCUT2D eigenvalue weighted by atomic mass is 10.0. The van der Waals surface area contributed by atoms with Gasteiger partial charge in [-0.05, 0) is 51.2 Å². The number of anilines is 4. The number of halogens is 1. The van der Waals surface area contributed by atoms with Crippen LogP contribution in [-0.2, 0) is 0 Å². The van der Waals surface area contributed by atoms with Crippen LogP contribution in [0.1, 0.15) is 12.8 Å². The van der Waals surface area contributed by atoms with Crippen molar-refractivity contribution in [3.8, 4) is 5.75 Å². The molecular formula is C20H28ClN7O. The minimum absolute atomic E-state index is 0.393. The van der Waals surface area contributed by atoms with Gasteiger partial charge >= 0.3 is 0 Å². The summed E-state index contributed by atoms with van der Waals surface area (Å²) in [5, 5.41) is 6.88. The molecule has 1 aromatic carbocycles. The number of aromatic nitrogens is 3. The second-order valence-electron chi connectivity index (χ2n) is 7.07. The Morgan fingerprint density at radius 3 is 2.66 bits per heavy atom. The van der Waals surface area contributed by atoms with Gasteiger partial charge in [-0.3, -0.25) is 0 Å². The Hall–Kier alpha value is -2.58. The van der Waals surface area contributed by atoms with Crippen LogP contribution in [0.2, 0.25) is 5.02 Å². The molecule has 1 fully saturated rings. The maximum Gasteiger partial charge on any atom is 0.233 e.